The van der Waals surface area contributed by atoms with Crippen molar-refractivity contribution in [2.75, 3.05) is 66.1 Å². The Morgan fingerprint density at radius 1 is 0.677 bits per heavy atom. The molecule has 0 rings (SSSR count). The summed E-state index contributed by atoms with van der Waals surface area (Å²) in [4.78, 5) is 66.5. The normalized spacial score (nSPS) is 12.3. The zero-order chi connectivity index (χ0) is 23.4. The molecular formula is C16H33O14P. The second-order valence-corrected chi connectivity index (χ2v) is 7.51. The number of carbonyl (C=O) groups excluding carboxylic acids is 1. The summed E-state index contributed by atoms with van der Waals surface area (Å²) in [5.41, 5.74) is -0.517. The van der Waals surface area contributed by atoms with Crippen molar-refractivity contribution in [3.8, 4) is 0 Å². The van der Waals surface area contributed by atoms with Crippen molar-refractivity contribution >= 4 is 13.8 Å². The Balaban J connectivity index is 3.19. The number of esters is 1. The van der Waals surface area contributed by atoms with Gasteiger partial charge >= 0.3 is 13.8 Å². The molecular weight excluding hydrogens is 447 g/mol. The second-order valence-electron chi connectivity index (χ2n) is 6.27. The molecule has 31 heavy (non-hydrogen) atoms. The molecule has 0 aliphatic rings. The largest absolute Gasteiger partial charge is 0.469 e. The first-order valence-corrected chi connectivity index (χ1v) is 11.1. The number of rotatable bonds is 22. The highest BCUT2D eigenvalue weighted by Crippen LogP contribution is 2.35. The van der Waals surface area contributed by atoms with E-state index in [1.165, 1.54) is 0 Å². The number of hydrogen-bond donors (Lipinski definition) is 2. The van der Waals surface area contributed by atoms with Crippen LogP contribution in [0.15, 0.2) is 0 Å². The number of carbonyl (C=O) groups is 1. The van der Waals surface area contributed by atoms with Gasteiger partial charge in [-0.2, -0.15) is 0 Å². The summed E-state index contributed by atoms with van der Waals surface area (Å²) in [6, 6.07) is 0. The minimum Gasteiger partial charge on any atom is -0.463 e. The fourth-order valence-corrected chi connectivity index (χ4v) is 1.69. The fourth-order valence-electron chi connectivity index (χ4n) is 1.37. The van der Waals surface area contributed by atoms with Gasteiger partial charge in [0.2, 0.25) is 0 Å². The smallest absolute Gasteiger partial charge is 0.463 e. The van der Waals surface area contributed by atoms with Crippen molar-refractivity contribution in [2.24, 2.45) is 5.41 Å². The van der Waals surface area contributed by atoms with E-state index in [4.69, 9.17) is 43.8 Å². The summed E-state index contributed by atoms with van der Waals surface area (Å²) in [6.45, 7) is 5.76. The van der Waals surface area contributed by atoms with Gasteiger partial charge in [-0.25, -0.2) is 43.7 Å². The Hall–Kier alpha value is -0.740. The molecule has 0 bridgehead atoms. The lowest BCUT2D eigenvalue weighted by molar-refractivity contribution is -0.367. The van der Waals surface area contributed by atoms with Crippen LogP contribution in [-0.4, -0.2) is 81.8 Å². The van der Waals surface area contributed by atoms with E-state index in [-0.39, 0.29) is 72.0 Å². The minimum atomic E-state index is -4.50. The third kappa shape index (κ3) is 20.9. The van der Waals surface area contributed by atoms with Crippen LogP contribution in [0.3, 0.4) is 0 Å². The van der Waals surface area contributed by atoms with E-state index in [1.807, 2.05) is 20.8 Å². The number of phosphoric ester groups is 1. The van der Waals surface area contributed by atoms with Gasteiger partial charge in [0.15, 0.2) is 0 Å². The predicted molar refractivity (Wildman–Crippen MR) is 101 cm³/mol. The molecule has 0 aliphatic carbocycles. The Morgan fingerprint density at radius 2 is 1.00 bits per heavy atom. The average Bonchev–Trinajstić information content (AvgIpc) is 2.71. The highest BCUT2D eigenvalue weighted by atomic mass is 31.2. The van der Waals surface area contributed by atoms with Crippen LogP contribution in [0.2, 0.25) is 0 Å². The topological polar surface area (TPSA) is 167 Å². The summed E-state index contributed by atoms with van der Waals surface area (Å²) < 4.78 is 19.6. The van der Waals surface area contributed by atoms with E-state index < -0.39 is 13.2 Å². The lowest BCUT2D eigenvalue weighted by atomic mass is 9.91. The zero-order valence-electron chi connectivity index (χ0n) is 18.0. The molecule has 0 radical (unpaired) electrons. The zero-order valence-corrected chi connectivity index (χ0v) is 18.9. The van der Waals surface area contributed by atoms with E-state index in [1.54, 1.807) is 0 Å². The maximum Gasteiger partial charge on any atom is 0.469 e. The Morgan fingerprint density at radius 3 is 1.32 bits per heavy atom. The van der Waals surface area contributed by atoms with Gasteiger partial charge in [0.05, 0.1) is 12.0 Å². The van der Waals surface area contributed by atoms with Crippen LogP contribution in [-0.2, 0) is 57.7 Å². The molecule has 0 amide bonds. The molecule has 186 valence electrons. The fraction of sp³-hybridized carbons (Fsp3) is 0.938. The van der Waals surface area contributed by atoms with Crippen molar-refractivity contribution in [2.45, 2.75) is 27.2 Å². The summed E-state index contributed by atoms with van der Waals surface area (Å²) in [6.07, 6.45) is 0.684. The van der Waals surface area contributed by atoms with Gasteiger partial charge in [0.25, 0.3) is 0 Å². The molecule has 15 heteroatoms. The van der Waals surface area contributed by atoms with Crippen LogP contribution < -0.4 is 0 Å². The predicted octanol–water partition coefficient (Wildman–Crippen LogP) is 0.868. The molecule has 0 aromatic rings. The Bertz CT molecular complexity index is 483. The van der Waals surface area contributed by atoms with Gasteiger partial charge < -0.3 is 14.5 Å². The molecule has 0 saturated heterocycles. The van der Waals surface area contributed by atoms with Crippen molar-refractivity contribution in [1.29, 1.82) is 0 Å². The van der Waals surface area contributed by atoms with E-state index in [2.05, 4.69) is 14.3 Å². The molecule has 2 N–H and O–H groups in total. The molecule has 0 spiro atoms. The Labute approximate surface area is 180 Å². The number of ether oxygens (including phenoxy) is 1. The molecule has 0 aliphatic heterocycles. The van der Waals surface area contributed by atoms with Crippen LogP contribution in [0, 0.1) is 5.41 Å². The molecule has 0 aromatic heterocycles. The van der Waals surface area contributed by atoms with Crippen LogP contribution >= 0.6 is 7.82 Å². The molecule has 0 fully saturated rings. The maximum absolute atomic E-state index is 11.7. The van der Waals surface area contributed by atoms with E-state index in [9.17, 15) is 9.36 Å². The number of hydrogen-bond acceptors (Lipinski definition) is 12. The standard InChI is InChI=1S/C16H33O14P/c1-4-16(2,3)15(17)21-5-6-22-23-7-8-24-25-9-10-26-27-11-12-28-29-13-14-30-31(18,19)20/h4-14H2,1-3H3,(H2,18,19,20). The lowest BCUT2D eigenvalue weighted by Crippen LogP contribution is -2.27. The second kappa shape index (κ2) is 18.8. The SMILES string of the molecule is CCC(C)(C)C(=O)OCCOOCCOOCCOOCCOOCCOP(=O)(O)O. The summed E-state index contributed by atoms with van der Waals surface area (Å²) >= 11 is 0. The summed E-state index contributed by atoms with van der Waals surface area (Å²) in [5.74, 6) is -0.284. The molecule has 0 heterocycles. The Kier molecular flexibility index (Phi) is 18.3. The van der Waals surface area contributed by atoms with Crippen molar-refractivity contribution in [3.05, 3.63) is 0 Å². The lowest BCUT2D eigenvalue weighted by Gasteiger charge is -2.20. The van der Waals surface area contributed by atoms with Gasteiger partial charge in [-0.05, 0) is 20.3 Å². The molecule has 0 atom stereocenters. The van der Waals surface area contributed by atoms with Crippen molar-refractivity contribution < 1.29 is 67.5 Å². The summed E-state index contributed by atoms with van der Waals surface area (Å²) in [5, 5.41) is 0. The highest BCUT2D eigenvalue weighted by Gasteiger charge is 2.26. The quantitative estimate of drug-likeness (QED) is 0.0736. The highest BCUT2D eigenvalue weighted by molar-refractivity contribution is 7.46. The third-order valence-electron chi connectivity index (χ3n) is 3.35. The van der Waals surface area contributed by atoms with Crippen LogP contribution in [0.4, 0.5) is 0 Å². The first-order valence-electron chi connectivity index (χ1n) is 9.54. The average molecular weight is 480 g/mol. The van der Waals surface area contributed by atoms with E-state index >= 15 is 0 Å². The summed E-state index contributed by atoms with van der Waals surface area (Å²) in [7, 11) is -4.50. The van der Waals surface area contributed by atoms with Gasteiger partial charge in [-0.15, -0.1) is 0 Å². The molecule has 0 unspecified atom stereocenters. The van der Waals surface area contributed by atoms with Crippen LogP contribution in [0.5, 0.6) is 0 Å². The first-order chi connectivity index (χ1) is 14.7. The molecule has 0 saturated carbocycles. The minimum absolute atomic E-state index is 0.0279. The van der Waals surface area contributed by atoms with Crippen LogP contribution in [0.1, 0.15) is 27.2 Å². The van der Waals surface area contributed by atoms with E-state index in [0.29, 0.717) is 6.42 Å². The third-order valence-corrected chi connectivity index (χ3v) is 3.86. The van der Waals surface area contributed by atoms with E-state index in [0.717, 1.165) is 0 Å². The van der Waals surface area contributed by atoms with Gasteiger partial charge in [0, 0.05) is 0 Å². The first kappa shape index (κ1) is 30.3. The maximum atomic E-state index is 11.7. The van der Waals surface area contributed by atoms with Gasteiger partial charge in [-0.1, -0.05) is 6.92 Å². The number of phosphoric acid groups is 1. The van der Waals surface area contributed by atoms with Gasteiger partial charge in [-0.3, -0.25) is 9.32 Å². The van der Waals surface area contributed by atoms with Gasteiger partial charge in [0.1, 0.15) is 59.5 Å². The van der Waals surface area contributed by atoms with Crippen LogP contribution in [0.25, 0.3) is 0 Å². The molecule has 14 nitrogen and oxygen atoms in total. The molecule has 0 aromatic carbocycles. The monoisotopic (exact) mass is 480 g/mol. The van der Waals surface area contributed by atoms with Crippen molar-refractivity contribution in [3.63, 3.8) is 0 Å². The van der Waals surface area contributed by atoms with Crippen molar-refractivity contribution in [1.82, 2.24) is 0 Å².